The average molecular weight is 311 g/mol. The van der Waals surface area contributed by atoms with E-state index >= 15 is 0 Å². The number of carbonyl (C=O) groups is 1. The number of nitrogens with two attached hydrogens (primary N) is 1. The van der Waals surface area contributed by atoms with Gasteiger partial charge in [0.25, 0.3) is 0 Å². The second-order valence-corrected chi connectivity index (χ2v) is 4.91. The molecule has 0 saturated carbocycles. The Kier molecular flexibility index (Phi) is 4.39. The van der Waals surface area contributed by atoms with Crippen LogP contribution in [-0.4, -0.2) is 6.29 Å². The molecule has 2 aromatic carbocycles. The highest BCUT2D eigenvalue weighted by Crippen LogP contribution is 2.36. The Labute approximate surface area is 125 Å². The lowest BCUT2D eigenvalue weighted by molar-refractivity contribution is -0.137. The van der Waals surface area contributed by atoms with Crippen molar-refractivity contribution in [3.05, 3.63) is 53.1 Å². The van der Waals surface area contributed by atoms with Gasteiger partial charge in [0.1, 0.15) is 0 Å². The van der Waals surface area contributed by atoms with Crippen molar-refractivity contribution < 1.29 is 18.0 Å². The molecule has 21 heavy (non-hydrogen) atoms. The molecule has 0 atom stereocenters. The van der Waals surface area contributed by atoms with Gasteiger partial charge in [0, 0.05) is 22.6 Å². The third-order valence-electron chi connectivity index (χ3n) is 3.12. The first-order valence-electron chi connectivity index (χ1n) is 6.06. The summed E-state index contributed by atoms with van der Waals surface area (Å²) in [5.74, 6) is 0. The molecule has 0 saturated heterocycles. The minimum Gasteiger partial charge on any atom is -0.326 e. The fourth-order valence-corrected chi connectivity index (χ4v) is 2.47. The third kappa shape index (κ3) is 3.11. The number of hydrogen-bond acceptors (Lipinski definition) is 3. The molecule has 0 aliphatic heterocycles. The first-order chi connectivity index (χ1) is 9.88. The molecule has 0 aliphatic rings. The average Bonchev–Trinajstić information content (AvgIpc) is 2.45. The van der Waals surface area contributed by atoms with Gasteiger partial charge in [0.05, 0.1) is 5.56 Å². The molecule has 0 aliphatic carbocycles. The van der Waals surface area contributed by atoms with Gasteiger partial charge in [0.2, 0.25) is 0 Å². The summed E-state index contributed by atoms with van der Waals surface area (Å²) in [6.45, 7) is -0.0698. The standard InChI is InChI=1S/C15H12F3NOS/c16-15(17,18)11-4-5-12(10(6-11)7-19)14-9(8-20)2-1-3-13(14)21/h1-6,8,21H,7,19H2. The molecule has 0 heterocycles. The monoisotopic (exact) mass is 311 g/mol. The topological polar surface area (TPSA) is 43.1 Å². The van der Waals surface area contributed by atoms with E-state index in [1.807, 2.05) is 0 Å². The largest absolute Gasteiger partial charge is 0.416 e. The van der Waals surface area contributed by atoms with E-state index in [1.165, 1.54) is 6.07 Å². The van der Waals surface area contributed by atoms with Crippen molar-refractivity contribution in [2.75, 3.05) is 0 Å². The molecular formula is C15H12F3NOS. The lowest BCUT2D eigenvalue weighted by atomic mass is 9.94. The van der Waals surface area contributed by atoms with Crippen molar-refractivity contribution in [2.24, 2.45) is 5.73 Å². The van der Waals surface area contributed by atoms with E-state index in [0.717, 1.165) is 12.1 Å². The van der Waals surface area contributed by atoms with Crippen molar-refractivity contribution in [1.82, 2.24) is 0 Å². The number of thiol groups is 1. The van der Waals surface area contributed by atoms with Crippen molar-refractivity contribution in [2.45, 2.75) is 17.6 Å². The van der Waals surface area contributed by atoms with Crippen LogP contribution in [0.25, 0.3) is 11.1 Å². The van der Waals surface area contributed by atoms with Gasteiger partial charge in [-0.1, -0.05) is 18.2 Å². The third-order valence-corrected chi connectivity index (χ3v) is 3.50. The molecule has 0 aromatic heterocycles. The Morgan fingerprint density at radius 1 is 1.19 bits per heavy atom. The highest BCUT2D eigenvalue weighted by Gasteiger charge is 2.31. The molecule has 0 bridgehead atoms. The SMILES string of the molecule is NCc1cc(C(F)(F)F)ccc1-c1c(S)cccc1C=O. The Morgan fingerprint density at radius 3 is 2.48 bits per heavy atom. The normalized spacial score (nSPS) is 11.5. The van der Waals surface area contributed by atoms with Crippen LogP contribution < -0.4 is 5.73 Å². The predicted octanol–water partition coefficient (Wildman–Crippen LogP) is 3.93. The number of halogens is 3. The molecule has 2 N–H and O–H groups in total. The highest BCUT2D eigenvalue weighted by molar-refractivity contribution is 7.80. The van der Waals surface area contributed by atoms with E-state index in [-0.39, 0.29) is 6.54 Å². The minimum atomic E-state index is -4.43. The molecule has 2 aromatic rings. The number of alkyl halides is 3. The van der Waals surface area contributed by atoms with E-state index in [0.29, 0.717) is 33.4 Å². The van der Waals surface area contributed by atoms with Crippen LogP contribution >= 0.6 is 12.6 Å². The van der Waals surface area contributed by atoms with Crippen LogP contribution in [0.2, 0.25) is 0 Å². The summed E-state index contributed by atoms with van der Waals surface area (Å²) in [7, 11) is 0. The van der Waals surface area contributed by atoms with Crippen LogP contribution in [0.4, 0.5) is 13.2 Å². The molecule has 0 radical (unpaired) electrons. The Bertz CT molecular complexity index is 683. The molecule has 2 nitrogen and oxygen atoms in total. The second-order valence-electron chi connectivity index (χ2n) is 4.43. The van der Waals surface area contributed by atoms with E-state index in [1.54, 1.807) is 18.2 Å². The van der Waals surface area contributed by atoms with E-state index in [9.17, 15) is 18.0 Å². The molecule has 6 heteroatoms. The van der Waals surface area contributed by atoms with Gasteiger partial charge in [-0.15, -0.1) is 12.6 Å². The molecular weight excluding hydrogens is 299 g/mol. The first kappa shape index (κ1) is 15.6. The minimum absolute atomic E-state index is 0.0698. The van der Waals surface area contributed by atoms with Crippen LogP contribution in [0, 0.1) is 0 Å². The van der Waals surface area contributed by atoms with Crippen LogP contribution in [0.5, 0.6) is 0 Å². The lowest BCUT2D eigenvalue weighted by Crippen LogP contribution is -2.08. The second kappa shape index (κ2) is 5.91. The van der Waals surface area contributed by atoms with Crippen LogP contribution in [-0.2, 0) is 12.7 Å². The molecule has 0 fully saturated rings. The van der Waals surface area contributed by atoms with Crippen molar-refractivity contribution in [3.8, 4) is 11.1 Å². The van der Waals surface area contributed by atoms with Crippen molar-refractivity contribution >= 4 is 18.9 Å². The summed E-state index contributed by atoms with van der Waals surface area (Å²) in [6.07, 6.45) is -3.79. The lowest BCUT2D eigenvalue weighted by Gasteiger charge is -2.15. The summed E-state index contributed by atoms with van der Waals surface area (Å²) in [4.78, 5) is 11.6. The molecule has 0 spiro atoms. The van der Waals surface area contributed by atoms with Gasteiger partial charge < -0.3 is 5.73 Å². The van der Waals surface area contributed by atoms with Crippen molar-refractivity contribution in [1.29, 1.82) is 0 Å². The molecule has 0 unspecified atom stereocenters. The van der Waals surface area contributed by atoms with Crippen LogP contribution in [0.1, 0.15) is 21.5 Å². The van der Waals surface area contributed by atoms with Gasteiger partial charge in [-0.05, 0) is 29.3 Å². The fourth-order valence-electron chi connectivity index (χ4n) is 2.13. The van der Waals surface area contributed by atoms with Crippen molar-refractivity contribution in [3.63, 3.8) is 0 Å². The van der Waals surface area contributed by atoms with Gasteiger partial charge in [-0.3, -0.25) is 4.79 Å². The molecule has 0 amide bonds. The smallest absolute Gasteiger partial charge is 0.326 e. The van der Waals surface area contributed by atoms with E-state index in [2.05, 4.69) is 12.6 Å². The maximum absolute atomic E-state index is 12.8. The fraction of sp³-hybridized carbons (Fsp3) is 0.133. The summed E-state index contributed by atoms with van der Waals surface area (Å²) in [6, 6.07) is 8.21. The Hall–Kier alpha value is -1.79. The Balaban J connectivity index is 2.68. The maximum atomic E-state index is 12.8. The number of carbonyl (C=O) groups excluding carboxylic acids is 1. The molecule has 110 valence electrons. The first-order valence-corrected chi connectivity index (χ1v) is 6.51. The summed E-state index contributed by atoms with van der Waals surface area (Å²) in [5, 5.41) is 0. The number of benzene rings is 2. The van der Waals surface area contributed by atoms with Gasteiger partial charge in [-0.2, -0.15) is 13.2 Å². The summed E-state index contributed by atoms with van der Waals surface area (Å²) >= 11 is 4.28. The van der Waals surface area contributed by atoms with Crippen LogP contribution in [0.15, 0.2) is 41.3 Å². The number of aldehydes is 1. The predicted molar refractivity (Wildman–Crippen MR) is 77.4 cm³/mol. The zero-order valence-corrected chi connectivity index (χ0v) is 11.7. The zero-order chi connectivity index (χ0) is 15.6. The van der Waals surface area contributed by atoms with E-state index in [4.69, 9.17) is 5.73 Å². The Morgan fingerprint density at radius 2 is 1.90 bits per heavy atom. The van der Waals surface area contributed by atoms with Crippen LogP contribution in [0.3, 0.4) is 0 Å². The number of hydrogen-bond donors (Lipinski definition) is 2. The number of rotatable bonds is 3. The van der Waals surface area contributed by atoms with Gasteiger partial charge in [0.15, 0.2) is 6.29 Å². The summed E-state index contributed by atoms with van der Waals surface area (Å²) in [5.41, 5.74) is 6.44. The van der Waals surface area contributed by atoms with Gasteiger partial charge >= 0.3 is 6.18 Å². The van der Waals surface area contributed by atoms with Gasteiger partial charge in [-0.25, -0.2) is 0 Å². The zero-order valence-electron chi connectivity index (χ0n) is 10.8. The molecule has 2 rings (SSSR count). The maximum Gasteiger partial charge on any atom is 0.416 e. The highest BCUT2D eigenvalue weighted by atomic mass is 32.1. The summed E-state index contributed by atoms with van der Waals surface area (Å²) < 4.78 is 38.3. The quantitative estimate of drug-likeness (QED) is 0.666. The van der Waals surface area contributed by atoms with E-state index < -0.39 is 11.7 Å².